The average molecular weight is 238 g/mol. The molecule has 0 spiro atoms. The topological polar surface area (TPSA) is 26.3 Å². The number of ether oxygens (including phenoxy) is 1. The van der Waals surface area contributed by atoms with Crippen LogP contribution < -0.4 is 0 Å². The Morgan fingerprint density at radius 1 is 1.18 bits per heavy atom. The van der Waals surface area contributed by atoms with Gasteiger partial charge < -0.3 is 4.74 Å². The van der Waals surface area contributed by atoms with Crippen LogP contribution in [0.15, 0.2) is 0 Å². The van der Waals surface area contributed by atoms with Crippen molar-refractivity contribution in [3.05, 3.63) is 0 Å². The Morgan fingerprint density at radius 3 is 2.24 bits per heavy atom. The van der Waals surface area contributed by atoms with Crippen molar-refractivity contribution >= 4 is 5.97 Å². The van der Waals surface area contributed by atoms with Crippen LogP contribution >= 0.6 is 0 Å². The van der Waals surface area contributed by atoms with E-state index in [9.17, 15) is 4.79 Å². The monoisotopic (exact) mass is 238 g/mol. The van der Waals surface area contributed by atoms with Crippen LogP contribution in [0.3, 0.4) is 0 Å². The van der Waals surface area contributed by atoms with Crippen LogP contribution in [0.4, 0.5) is 0 Å². The lowest BCUT2D eigenvalue weighted by Gasteiger charge is -2.37. The highest BCUT2D eigenvalue weighted by atomic mass is 16.5. The minimum absolute atomic E-state index is 0.169. The first-order chi connectivity index (χ1) is 7.79. The number of methoxy groups -OCH3 is 1. The number of rotatable bonds is 5. The van der Waals surface area contributed by atoms with Crippen molar-refractivity contribution in [2.75, 3.05) is 7.11 Å². The minimum atomic E-state index is -0.513. The molecule has 0 saturated heterocycles. The largest absolute Gasteiger partial charge is 0.469 e. The predicted molar refractivity (Wildman–Crippen MR) is 71.5 cm³/mol. The molecule has 0 fully saturated rings. The summed E-state index contributed by atoms with van der Waals surface area (Å²) in [6, 6.07) is 0. The molecule has 2 nitrogen and oxygen atoms in total. The molecule has 0 aliphatic carbocycles. The summed E-state index contributed by atoms with van der Waals surface area (Å²) in [6.45, 7) is 10.1. The van der Waals surface area contributed by atoms with E-state index in [1.54, 1.807) is 0 Å². The van der Waals surface area contributed by atoms with Crippen LogP contribution in [-0.4, -0.2) is 13.1 Å². The zero-order chi connectivity index (χ0) is 13.5. The molecule has 0 amide bonds. The lowest BCUT2D eigenvalue weighted by atomic mass is 9.66. The van der Waals surface area contributed by atoms with Gasteiger partial charge in [-0.05, 0) is 25.7 Å². The van der Waals surface area contributed by atoms with Gasteiger partial charge in [-0.2, -0.15) is 0 Å². The SMILES string of the molecule is CCCCC#CCC(C)(C)C(C)(C)C(=O)OC. The molecule has 98 valence electrons. The van der Waals surface area contributed by atoms with Gasteiger partial charge in [0, 0.05) is 12.8 Å². The maximum Gasteiger partial charge on any atom is 0.311 e. The van der Waals surface area contributed by atoms with Gasteiger partial charge in [-0.1, -0.05) is 27.2 Å². The van der Waals surface area contributed by atoms with Gasteiger partial charge in [0.15, 0.2) is 0 Å². The quantitative estimate of drug-likeness (QED) is 0.414. The van der Waals surface area contributed by atoms with E-state index >= 15 is 0 Å². The molecular weight excluding hydrogens is 212 g/mol. The fourth-order valence-corrected chi connectivity index (χ4v) is 1.39. The summed E-state index contributed by atoms with van der Waals surface area (Å²) < 4.78 is 4.86. The van der Waals surface area contributed by atoms with E-state index in [1.807, 2.05) is 13.8 Å². The first kappa shape index (κ1) is 16.0. The van der Waals surface area contributed by atoms with Crippen molar-refractivity contribution in [3.63, 3.8) is 0 Å². The van der Waals surface area contributed by atoms with Crippen LogP contribution in [0.2, 0.25) is 0 Å². The van der Waals surface area contributed by atoms with E-state index in [0.29, 0.717) is 0 Å². The Balaban J connectivity index is 4.54. The third-order valence-electron chi connectivity index (χ3n) is 3.70. The smallest absolute Gasteiger partial charge is 0.311 e. The molecule has 0 aromatic carbocycles. The Hall–Kier alpha value is -0.970. The van der Waals surface area contributed by atoms with Crippen LogP contribution in [0.1, 0.15) is 60.3 Å². The highest BCUT2D eigenvalue weighted by molar-refractivity contribution is 5.76. The molecule has 0 saturated carbocycles. The standard InChI is InChI=1S/C15H26O2/c1-7-8-9-10-11-12-14(2,3)15(4,5)13(16)17-6/h7-9,12H2,1-6H3. The van der Waals surface area contributed by atoms with Gasteiger partial charge in [-0.15, -0.1) is 11.8 Å². The molecule has 0 heterocycles. The first-order valence-corrected chi connectivity index (χ1v) is 6.33. The van der Waals surface area contributed by atoms with Crippen molar-refractivity contribution in [3.8, 4) is 11.8 Å². The Labute approximate surface area is 106 Å². The highest BCUT2D eigenvalue weighted by Gasteiger charge is 2.43. The van der Waals surface area contributed by atoms with Gasteiger partial charge in [0.2, 0.25) is 0 Å². The molecule has 0 aromatic rings. The number of carbonyl (C=O) groups is 1. The molecule has 0 atom stereocenters. The lowest BCUT2D eigenvalue weighted by molar-refractivity contribution is -0.157. The van der Waals surface area contributed by atoms with Crippen molar-refractivity contribution in [2.45, 2.75) is 60.3 Å². The maximum absolute atomic E-state index is 11.7. The molecule has 17 heavy (non-hydrogen) atoms. The van der Waals surface area contributed by atoms with Gasteiger partial charge in [0.1, 0.15) is 0 Å². The fourth-order valence-electron chi connectivity index (χ4n) is 1.39. The van der Waals surface area contributed by atoms with Gasteiger partial charge in [-0.3, -0.25) is 4.79 Å². The summed E-state index contributed by atoms with van der Waals surface area (Å²) in [5.41, 5.74) is -0.694. The van der Waals surface area contributed by atoms with Crippen molar-refractivity contribution in [1.82, 2.24) is 0 Å². The molecular formula is C15H26O2. The van der Waals surface area contributed by atoms with E-state index in [1.165, 1.54) is 13.5 Å². The normalized spacial score (nSPS) is 11.6. The van der Waals surface area contributed by atoms with Gasteiger partial charge in [-0.25, -0.2) is 0 Å². The van der Waals surface area contributed by atoms with Crippen LogP contribution in [-0.2, 0) is 9.53 Å². The van der Waals surface area contributed by atoms with Crippen molar-refractivity contribution in [2.24, 2.45) is 10.8 Å². The molecule has 0 rings (SSSR count). The maximum atomic E-state index is 11.7. The minimum Gasteiger partial charge on any atom is -0.469 e. The Bertz CT molecular complexity index is 303. The molecule has 0 aliphatic heterocycles. The number of hydrogen-bond donors (Lipinski definition) is 0. The van der Waals surface area contributed by atoms with E-state index in [-0.39, 0.29) is 11.4 Å². The number of carbonyl (C=O) groups excluding carboxylic acids is 1. The van der Waals surface area contributed by atoms with Crippen molar-refractivity contribution < 1.29 is 9.53 Å². The van der Waals surface area contributed by atoms with Crippen molar-refractivity contribution in [1.29, 1.82) is 0 Å². The van der Waals surface area contributed by atoms with Crippen LogP contribution in [0, 0.1) is 22.7 Å². The van der Waals surface area contributed by atoms with E-state index in [0.717, 1.165) is 19.3 Å². The molecule has 0 radical (unpaired) electrons. The Kier molecular flexibility index (Phi) is 6.31. The van der Waals surface area contributed by atoms with Gasteiger partial charge >= 0.3 is 5.97 Å². The van der Waals surface area contributed by atoms with E-state index in [4.69, 9.17) is 4.74 Å². The molecule has 2 heteroatoms. The predicted octanol–water partition coefficient (Wildman–Crippen LogP) is 3.80. The summed E-state index contributed by atoms with van der Waals surface area (Å²) in [4.78, 5) is 11.7. The van der Waals surface area contributed by atoms with E-state index in [2.05, 4.69) is 32.6 Å². The second kappa shape index (κ2) is 6.69. The number of hydrogen-bond acceptors (Lipinski definition) is 2. The first-order valence-electron chi connectivity index (χ1n) is 6.33. The van der Waals surface area contributed by atoms with Crippen LogP contribution in [0.25, 0.3) is 0 Å². The summed E-state index contributed by atoms with van der Waals surface area (Å²) in [5.74, 6) is 6.19. The second-order valence-electron chi connectivity index (χ2n) is 5.63. The lowest BCUT2D eigenvalue weighted by Crippen LogP contribution is -2.40. The Morgan fingerprint density at radius 2 is 1.76 bits per heavy atom. The van der Waals surface area contributed by atoms with E-state index < -0.39 is 5.41 Å². The third-order valence-corrected chi connectivity index (χ3v) is 3.70. The molecule has 0 aromatic heterocycles. The zero-order valence-corrected chi connectivity index (χ0v) is 12.1. The number of unbranched alkanes of at least 4 members (excludes halogenated alkanes) is 2. The van der Waals surface area contributed by atoms with Gasteiger partial charge in [0.25, 0.3) is 0 Å². The third kappa shape index (κ3) is 4.42. The fraction of sp³-hybridized carbons (Fsp3) is 0.800. The van der Waals surface area contributed by atoms with Gasteiger partial charge in [0.05, 0.1) is 12.5 Å². The summed E-state index contributed by atoms with van der Waals surface area (Å²) in [7, 11) is 1.44. The zero-order valence-electron chi connectivity index (χ0n) is 12.1. The molecule has 0 aliphatic rings. The van der Waals surface area contributed by atoms with Crippen LogP contribution in [0.5, 0.6) is 0 Å². The highest BCUT2D eigenvalue weighted by Crippen LogP contribution is 2.41. The summed E-state index contributed by atoms with van der Waals surface area (Å²) in [5, 5.41) is 0. The summed E-state index contributed by atoms with van der Waals surface area (Å²) >= 11 is 0. The summed E-state index contributed by atoms with van der Waals surface area (Å²) in [6.07, 6.45) is 3.99. The average Bonchev–Trinajstić information content (AvgIpc) is 2.27. The molecule has 0 unspecified atom stereocenters. The molecule has 0 N–H and O–H groups in total. The second-order valence-corrected chi connectivity index (χ2v) is 5.63. The number of esters is 1. The molecule has 0 bridgehead atoms.